The van der Waals surface area contributed by atoms with Crippen LogP contribution in [0, 0.1) is 0 Å². The lowest BCUT2D eigenvalue weighted by Gasteiger charge is -2.26. The average molecular weight is 722 g/mol. The number of hydrogen-bond donors (Lipinski definition) is 0. The fourth-order valence-corrected chi connectivity index (χ4v) is 8.18. The first-order chi connectivity index (χ1) is 27.7. The third kappa shape index (κ3) is 6.04. The van der Waals surface area contributed by atoms with Gasteiger partial charge < -0.3 is 13.7 Å². The first-order valence-corrected chi connectivity index (χ1v) is 19.3. The number of hydrogen-bond acceptors (Lipinski definition) is 3. The summed E-state index contributed by atoms with van der Waals surface area (Å²) in [5, 5.41) is 7.09. The predicted octanol–water partition coefficient (Wildman–Crippen LogP) is 13.5. The van der Waals surface area contributed by atoms with Crippen molar-refractivity contribution in [2.24, 2.45) is 0 Å². The molecule has 0 aliphatic heterocycles. The molecule has 0 amide bonds. The van der Waals surface area contributed by atoms with E-state index in [9.17, 15) is 0 Å². The van der Waals surface area contributed by atoms with Crippen LogP contribution in [0.3, 0.4) is 0 Å². The lowest BCUT2D eigenvalue weighted by atomic mass is 9.97. The van der Waals surface area contributed by atoms with E-state index in [4.69, 9.17) is 8.83 Å². The molecule has 3 heteroatoms. The molecule has 0 spiro atoms. The van der Waals surface area contributed by atoms with E-state index in [1.54, 1.807) is 6.08 Å². The van der Waals surface area contributed by atoms with Gasteiger partial charge in [-0.3, -0.25) is 0 Å². The Labute approximate surface area is 325 Å². The molecule has 1 aliphatic rings. The van der Waals surface area contributed by atoms with Crippen LogP contribution in [0.25, 0.3) is 78.1 Å². The van der Waals surface area contributed by atoms with Gasteiger partial charge in [0.25, 0.3) is 0 Å². The van der Waals surface area contributed by atoms with Gasteiger partial charge in [-0.1, -0.05) is 134 Å². The van der Waals surface area contributed by atoms with E-state index in [1.807, 2.05) is 24.3 Å². The Kier molecular flexibility index (Phi) is 8.53. The lowest BCUT2D eigenvalue weighted by Crippen LogP contribution is -2.21. The molecule has 2 aromatic heterocycles. The summed E-state index contributed by atoms with van der Waals surface area (Å²) in [5.41, 5.74) is 12.8. The van der Waals surface area contributed by atoms with Crippen molar-refractivity contribution < 1.29 is 8.83 Å². The Morgan fingerprint density at radius 1 is 0.554 bits per heavy atom. The topological polar surface area (TPSA) is 29.5 Å². The Morgan fingerprint density at radius 3 is 2.20 bits per heavy atom. The fourth-order valence-electron chi connectivity index (χ4n) is 8.18. The average Bonchev–Trinajstić information content (AvgIpc) is 3.83. The lowest BCUT2D eigenvalue weighted by molar-refractivity contribution is 0.572. The Bertz CT molecular complexity index is 3120. The molecule has 268 valence electrons. The first kappa shape index (κ1) is 33.5. The van der Waals surface area contributed by atoms with E-state index in [0.717, 1.165) is 86.0 Å². The number of furan rings is 2. The summed E-state index contributed by atoms with van der Waals surface area (Å²) in [6, 6.07) is 52.4. The highest BCUT2D eigenvalue weighted by molar-refractivity contribution is 6.19. The molecule has 9 aromatic rings. The summed E-state index contributed by atoms with van der Waals surface area (Å²) >= 11 is 0. The van der Waals surface area contributed by atoms with Gasteiger partial charge >= 0.3 is 0 Å². The van der Waals surface area contributed by atoms with Crippen LogP contribution in [0.1, 0.15) is 18.4 Å². The number of fused-ring (bicyclic) bond motifs is 8. The summed E-state index contributed by atoms with van der Waals surface area (Å²) in [6.45, 7) is 3.75. The van der Waals surface area contributed by atoms with Crippen LogP contribution in [0.15, 0.2) is 191 Å². The molecule has 0 atom stereocenters. The molecule has 0 saturated heterocycles. The van der Waals surface area contributed by atoms with Crippen molar-refractivity contribution >= 4 is 72.9 Å². The smallest absolute Gasteiger partial charge is 0.143 e. The van der Waals surface area contributed by atoms with Gasteiger partial charge in [0.1, 0.15) is 22.2 Å². The van der Waals surface area contributed by atoms with E-state index in [-0.39, 0.29) is 0 Å². The second-order valence-electron chi connectivity index (χ2n) is 14.4. The molecule has 0 bridgehead atoms. The number of allylic oxidation sites excluding steroid dienone is 5. The van der Waals surface area contributed by atoms with Crippen molar-refractivity contribution in [2.45, 2.75) is 19.3 Å². The Morgan fingerprint density at radius 2 is 1.32 bits per heavy atom. The SMILES string of the molecule is C=C/C=C\C=C/Cc1ccc(N(c2ccc(-c3ccc4ccc5oc6ccccc6c5c4c3)cc2)c2cccc(-c3cccc4c5c(oc34)=CCCC=5)c2)cc1. The molecule has 56 heavy (non-hydrogen) atoms. The van der Waals surface area contributed by atoms with Gasteiger partial charge in [0, 0.05) is 44.0 Å². The number of rotatable bonds is 9. The van der Waals surface area contributed by atoms with Crippen LogP contribution in [0.2, 0.25) is 0 Å². The summed E-state index contributed by atoms with van der Waals surface area (Å²) in [5.74, 6) is 0. The van der Waals surface area contributed by atoms with Gasteiger partial charge in [0.05, 0.1) is 0 Å². The number of benzene rings is 7. The third-order valence-electron chi connectivity index (χ3n) is 10.9. The fraction of sp³-hybridized carbons (Fsp3) is 0.0566. The van der Waals surface area contributed by atoms with Crippen LogP contribution < -0.4 is 15.5 Å². The van der Waals surface area contributed by atoms with Gasteiger partial charge in [-0.05, 0) is 113 Å². The first-order valence-electron chi connectivity index (χ1n) is 19.3. The van der Waals surface area contributed by atoms with Crippen molar-refractivity contribution in [1.29, 1.82) is 0 Å². The van der Waals surface area contributed by atoms with Crippen LogP contribution in [-0.2, 0) is 6.42 Å². The molecule has 1 aliphatic carbocycles. The molecule has 3 nitrogen and oxygen atoms in total. The predicted molar refractivity (Wildman–Crippen MR) is 236 cm³/mol. The summed E-state index contributed by atoms with van der Waals surface area (Å²) in [6.07, 6.45) is 17.4. The van der Waals surface area contributed by atoms with E-state index < -0.39 is 0 Å². The highest BCUT2D eigenvalue weighted by Gasteiger charge is 2.17. The van der Waals surface area contributed by atoms with Crippen molar-refractivity contribution in [1.82, 2.24) is 0 Å². The number of nitrogens with zero attached hydrogens (tertiary/aromatic N) is 1. The Hall–Kier alpha value is -7.10. The molecule has 2 heterocycles. The summed E-state index contributed by atoms with van der Waals surface area (Å²) < 4.78 is 12.7. The number of anilines is 3. The zero-order valence-electron chi connectivity index (χ0n) is 31.0. The minimum absolute atomic E-state index is 0.852. The van der Waals surface area contributed by atoms with Crippen LogP contribution in [-0.4, -0.2) is 0 Å². The van der Waals surface area contributed by atoms with Crippen LogP contribution >= 0.6 is 0 Å². The van der Waals surface area contributed by atoms with E-state index in [0.29, 0.717) is 0 Å². The van der Waals surface area contributed by atoms with E-state index in [2.05, 4.69) is 169 Å². The molecule has 0 N–H and O–H groups in total. The van der Waals surface area contributed by atoms with Gasteiger partial charge in [-0.25, -0.2) is 0 Å². The molecular formula is C53H39NO2. The molecule has 0 fully saturated rings. The zero-order valence-corrected chi connectivity index (χ0v) is 31.0. The van der Waals surface area contributed by atoms with Crippen molar-refractivity contribution in [2.75, 3.05) is 4.90 Å². The largest absolute Gasteiger partial charge is 0.456 e. The van der Waals surface area contributed by atoms with Crippen molar-refractivity contribution in [3.05, 3.63) is 199 Å². The monoisotopic (exact) mass is 721 g/mol. The van der Waals surface area contributed by atoms with E-state index in [1.165, 1.54) is 32.5 Å². The molecule has 0 saturated carbocycles. The van der Waals surface area contributed by atoms with E-state index >= 15 is 0 Å². The highest BCUT2D eigenvalue weighted by atomic mass is 16.3. The summed E-state index contributed by atoms with van der Waals surface area (Å²) in [4.78, 5) is 2.34. The molecule has 0 radical (unpaired) electrons. The second kappa shape index (κ2) is 14.3. The van der Waals surface area contributed by atoms with Crippen molar-refractivity contribution in [3.63, 3.8) is 0 Å². The molecular weight excluding hydrogens is 683 g/mol. The maximum absolute atomic E-state index is 6.51. The molecule has 10 rings (SSSR count). The summed E-state index contributed by atoms with van der Waals surface area (Å²) in [7, 11) is 0. The van der Waals surface area contributed by atoms with Gasteiger partial charge in [0.15, 0.2) is 0 Å². The van der Waals surface area contributed by atoms with Gasteiger partial charge in [-0.15, -0.1) is 0 Å². The number of para-hydroxylation sites is 2. The van der Waals surface area contributed by atoms with Crippen molar-refractivity contribution in [3.8, 4) is 22.3 Å². The highest BCUT2D eigenvalue weighted by Crippen LogP contribution is 2.40. The van der Waals surface area contributed by atoms with Crippen LogP contribution in [0.5, 0.6) is 0 Å². The standard InChI is InChI=1S/C53H39NO2/c1-2-3-4-5-6-13-36-22-29-41(30-23-36)54(43-15-11-14-40(34-43)44-18-12-19-46-45-16-7-9-20-49(45)56-53(44)46)42-31-26-37(27-32-42)39-25-24-38-28-33-51-52(48(38)35-39)47-17-8-10-21-50(47)55-51/h2-6,8,10-12,14-35H,1,7,9,13H2/b4-3-,6-5-. The Balaban J connectivity index is 1.05. The maximum Gasteiger partial charge on any atom is 0.143 e. The zero-order chi connectivity index (χ0) is 37.4. The minimum Gasteiger partial charge on any atom is -0.456 e. The molecule has 0 unspecified atom stereocenters. The van der Waals surface area contributed by atoms with Gasteiger partial charge in [-0.2, -0.15) is 0 Å². The third-order valence-corrected chi connectivity index (χ3v) is 10.9. The second-order valence-corrected chi connectivity index (χ2v) is 14.4. The van der Waals surface area contributed by atoms with Crippen LogP contribution in [0.4, 0.5) is 17.1 Å². The normalized spacial score (nSPS) is 12.8. The quantitative estimate of drug-likeness (QED) is 0.139. The molecule has 7 aromatic carbocycles. The minimum atomic E-state index is 0.852. The van der Waals surface area contributed by atoms with Gasteiger partial charge in [0.2, 0.25) is 0 Å². The maximum atomic E-state index is 6.51.